The first-order valence-corrected chi connectivity index (χ1v) is 10.6. The van der Waals surface area contributed by atoms with E-state index in [0.717, 1.165) is 11.1 Å². The van der Waals surface area contributed by atoms with Crippen molar-refractivity contribution in [3.05, 3.63) is 93.8 Å². The number of carbonyl (C=O) groups is 2. The van der Waals surface area contributed by atoms with E-state index in [4.69, 9.17) is 16.3 Å². The smallest absolute Gasteiger partial charge is 0.266 e. The zero-order valence-electron chi connectivity index (χ0n) is 18.5. The number of hydrogen-bond acceptors (Lipinski definition) is 4. The molecule has 0 aromatic heterocycles. The summed E-state index contributed by atoms with van der Waals surface area (Å²) < 4.78 is 18.7. The summed E-state index contributed by atoms with van der Waals surface area (Å²) >= 11 is 6.08. The van der Waals surface area contributed by atoms with Crippen LogP contribution in [0.2, 0.25) is 5.02 Å². The van der Waals surface area contributed by atoms with Crippen molar-refractivity contribution in [2.24, 2.45) is 0 Å². The van der Waals surface area contributed by atoms with Crippen LogP contribution in [0.15, 0.2) is 66.2 Å². The monoisotopic (exact) mass is 477 g/mol. The van der Waals surface area contributed by atoms with Crippen LogP contribution in [0.25, 0.3) is 6.08 Å². The molecule has 0 saturated carbocycles. The Morgan fingerprint density at radius 1 is 1.06 bits per heavy atom. The summed E-state index contributed by atoms with van der Waals surface area (Å²) in [5.74, 6) is -1.24. The Hall–Kier alpha value is -4.15. The molecule has 3 aromatic carbocycles. The van der Waals surface area contributed by atoms with Gasteiger partial charge in [0.25, 0.3) is 11.8 Å². The number of halogens is 2. The Morgan fingerprint density at radius 3 is 2.47 bits per heavy atom. The third kappa shape index (κ3) is 6.67. The fourth-order valence-corrected chi connectivity index (χ4v) is 3.26. The van der Waals surface area contributed by atoms with Crippen LogP contribution in [-0.4, -0.2) is 18.4 Å². The molecule has 8 heteroatoms. The Balaban J connectivity index is 1.74. The van der Waals surface area contributed by atoms with Gasteiger partial charge in [-0.2, -0.15) is 5.26 Å². The normalized spacial score (nSPS) is 10.9. The second-order valence-corrected chi connectivity index (χ2v) is 7.90. The molecule has 2 N–H and O–H groups in total. The van der Waals surface area contributed by atoms with Gasteiger partial charge in [-0.15, -0.1) is 0 Å². The average Bonchev–Trinajstić information content (AvgIpc) is 2.80. The molecule has 0 bridgehead atoms. The van der Waals surface area contributed by atoms with E-state index in [9.17, 15) is 19.2 Å². The van der Waals surface area contributed by atoms with Crippen molar-refractivity contribution in [3.8, 4) is 11.8 Å². The van der Waals surface area contributed by atoms with E-state index in [1.54, 1.807) is 12.1 Å². The molecule has 172 valence electrons. The van der Waals surface area contributed by atoms with E-state index in [1.165, 1.54) is 36.4 Å². The Labute approximate surface area is 201 Å². The number of nitriles is 1. The fraction of sp³-hybridized carbons (Fsp3) is 0.115. The van der Waals surface area contributed by atoms with Gasteiger partial charge in [0.05, 0.1) is 0 Å². The van der Waals surface area contributed by atoms with Gasteiger partial charge in [0, 0.05) is 22.0 Å². The topological polar surface area (TPSA) is 91.2 Å². The molecule has 0 aliphatic carbocycles. The standard InChI is InChI=1S/C26H21ClFN3O3/c1-16-3-9-23(17(2)11-16)31-25(32)15-34-24-10-4-20(27)13-18(24)12-19(14-29)26(33)30-22-7-5-21(28)6-8-22/h3-13H,15H2,1-2H3,(H,30,33)(H,31,32)/b19-12+. The van der Waals surface area contributed by atoms with Crippen LogP contribution in [0.4, 0.5) is 15.8 Å². The van der Waals surface area contributed by atoms with Gasteiger partial charge in [0.15, 0.2) is 6.61 Å². The van der Waals surface area contributed by atoms with E-state index < -0.39 is 11.7 Å². The van der Waals surface area contributed by atoms with Crippen molar-refractivity contribution in [1.29, 1.82) is 5.26 Å². The molecule has 6 nitrogen and oxygen atoms in total. The first-order valence-electron chi connectivity index (χ1n) is 10.2. The Kier molecular flexibility index (Phi) is 8.01. The van der Waals surface area contributed by atoms with Crippen LogP contribution >= 0.6 is 11.6 Å². The molecule has 3 aromatic rings. The van der Waals surface area contributed by atoms with Crippen LogP contribution in [0.3, 0.4) is 0 Å². The predicted octanol–water partition coefficient (Wildman–Crippen LogP) is 5.66. The van der Waals surface area contributed by atoms with E-state index >= 15 is 0 Å². The predicted molar refractivity (Wildman–Crippen MR) is 130 cm³/mol. The summed E-state index contributed by atoms with van der Waals surface area (Å²) in [6.45, 7) is 3.57. The molecule has 0 aliphatic rings. The quantitative estimate of drug-likeness (QED) is 0.339. The van der Waals surface area contributed by atoms with E-state index in [2.05, 4.69) is 10.6 Å². The number of aryl methyl sites for hydroxylation is 2. The van der Waals surface area contributed by atoms with E-state index in [-0.39, 0.29) is 23.8 Å². The summed E-state index contributed by atoms with van der Waals surface area (Å²) in [6, 6.07) is 17.3. The zero-order chi connectivity index (χ0) is 24.7. The summed E-state index contributed by atoms with van der Waals surface area (Å²) in [6.07, 6.45) is 1.31. The maximum Gasteiger partial charge on any atom is 0.266 e. The molecule has 2 amide bonds. The number of ether oxygens (including phenoxy) is 1. The minimum absolute atomic E-state index is 0.226. The fourth-order valence-electron chi connectivity index (χ4n) is 3.08. The highest BCUT2D eigenvalue weighted by molar-refractivity contribution is 6.30. The van der Waals surface area contributed by atoms with Crippen molar-refractivity contribution in [2.75, 3.05) is 17.2 Å². The van der Waals surface area contributed by atoms with Crippen molar-refractivity contribution >= 4 is 40.9 Å². The molecule has 3 rings (SSSR count). The number of nitrogens with one attached hydrogen (secondary N) is 2. The molecule has 34 heavy (non-hydrogen) atoms. The number of hydrogen-bond donors (Lipinski definition) is 2. The second-order valence-electron chi connectivity index (χ2n) is 7.47. The lowest BCUT2D eigenvalue weighted by molar-refractivity contribution is -0.118. The van der Waals surface area contributed by atoms with Crippen molar-refractivity contribution in [3.63, 3.8) is 0 Å². The first-order chi connectivity index (χ1) is 16.2. The van der Waals surface area contributed by atoms with E-state index in [1.807, 2.05) is 38.1 Å². The van der Waals surface area contributed by atoms with Crippen LogP contribution in [0.5, 0.6) is 5.75 Å². The molecular formula is C26H21ClFN3O3. The summed E-state index contributed by atoms with van der Waals surface area (Å²) in [4.78, 5) is 24.9. The Morgan fingerprint density at radius 2 is 1.79 bits per heavy atom. The average molecular weight is 478 g/mol. The highest BCUT2D eigenvalue weighted by atomic mass is 35.5. The van der Waals surface area contributed by atoms with Gasteiger partial charge in [-0.1, -0.05) is 29.3 Å². The number of anilines is 2. The van der Waals surface area contributed by atoms with Crippen LogP contribution in [-0.2, 0) is 9.59 Å². The van der Waals surface area contributed by atoms with Gasteiger partial charge < -0.3 is 15.4 Å². The lowest BCUT2D eigenvalue weighted by Crippen LogP contribution is -2.21. The number of rotatable bonds is 7. The number of carbonyl (C=O) groups excluding carboxylic acids is 2. The van der Waals surface area contributed by atoms with Gasteiger partial charge >= 0.3 is 0 Å². The van der Waals surface area contributed by atoms with Gasteiger partial charge in [-0.25, -0.2) is 4.39 Å². The largest absolute Gasteiger partial charge is 0.483 e. The highest BCUT2D eigenvalue weighted by Crippen LogP contribution is 2.26. The Bertz CT molecular complexity index is 1300. The second kappa shape index (κ2) is 11.1. The van der Waals surface area contributed by atoms with Crippen molar-refractivity contribution < 1.29 is 18.7 Å². The molecule has 0 saturated heterocycles. The van der Waals surface area contributed by atoms with Gasteiger partial charge in [0.2, 0.25) is 0 Å². The maximum absolute atomic E-state index is 13.1. The highest BCUT2D eigenvalue weighted by Gasteiger charge is 2.13. The van der Waals surface area contributed by atoms with Crippen molar-refractivity contribution in [1.82, 2.24) is 0 Å². The summed E-state index contributed by atoms with van der Waals surface area (Å²) in [7, 11) is 0. The summed E-state index contributed by atoms with van der Waals surface area (Å²) in [5.41, 5.74) is 3.14. The maximum atomic E-state index is 13.1. The number of nitrogens with zero attached hydrogens (tertiary/aromatic N) is 1. The van der Waals surface area contributed by atoms with Gasteiger partial charge in [-0.05, 0) is 74.0 Å². The van der Waals surface area contributed by atoms with Crippen LogP contribution < -0.4 is 15.4 Å². The van der Waals surface area contributed by atoms with Crippen molar-refractivity contribution in [2.45, 2.75) is 13.8 Å². The summed E-state index contributed by atoms with van der Waals surface area (Å²) in [5, 5.41) is 15.2. The SMILES string of the molecule is Cc1ccc(NC(=O)COc2ccc(Cl)cc2/C=C(\C#N)C(=O)Nc2ccc(F)cc2)c(C)c1. The molecule has 0 fully saturated rings. The van der Waals surface area contributed by atoms with Gasteiger partial charge in [0.1, 0.15) is 23.2 Å². The molecule has 0 atom stereocenters. The number of benzene rings is 3. The first kappa shape index (κ1) is 24.5. The molecule has 0 heterocycles. The molecule has 0 aliphatic heterocycles. The third-order valence-corrected chi connectivity index (χ3v) is 4.99. The zero-order valence-corrected chi connectivity index (χ0v) is 19.2. The van der Waals surface area contributed by atoms with Crippen LogP contribution in [0, 0.1) is 31.0 Å². The molecular weight excluding hydrogens is 457 g/mol. The minimum Gasteiger partial charge on any atom is -0.483 e. The minimum atomic E-state index is -0.687. The van der Waals surface area contributed by atoms with E-state index in [0.29, 0.717) is 22.0 Å². The third-order valence-electron chi connectivity index (χ3n) is 4.75. The van der Waals surface area contributed by atoms with Gasteiger partial charge in [-0.3, -0.25) is 9.59 Å². The number of amides is 2. The lowest BCUT2D eigenvalue weighted by Gasteiger charge is -2.12. The molecule has 0 unspecified atom stereocenters. The lowest BCUT2D eigenvalue weighted by atomic mass is 10.1. The molecule has 0 radical (unpaired) electrons. The molecule has 0 spiro atoms. The van der Waals surface area contributed by atoms with Crippen LogP contribution in [0.1, 0.15) is 16.7 Å².